The molecule has 0 saturated carbocycles. The van der Waals surface area contributed by atoms with Crippen LogP contribution in [0.3, 0.4) is 0 Å². The molecule has 0 bridgehead atoms. The van der Waals surface area contributed by atoms with Crippen molar-refractivity contribution in [1.29, 1.82) is 5.26 Å². The molecule has 0 unspecified atom stereocenters. The SMILES string of the molecule is N#C/C(=C/c1cccn1-c1ccccc1F)C(=O)NC(N)=O. The maximum absolute atomic E-state index is 13.8. The number of nitrogens with one attached hydrogen (secondary N) is 1. The van der Waals surface area contributed by atoms with Crippen LogP contribution in [0.25, 0.3) is 11.8 Å². The molecule has 0 aliphatic heterocycles. The van der Waals surface area contributed by atoms with Crippen LogP contribution in [0, 0.1) is 17.1 Å². The van der Waals surface area contributed by atoms with Crippen LogP contribution in [0.15, 0.2) is 48.2 Å². The number of rotatable bonds is 3. The normalized spacial score (nSPS) is 10.8. The van der Waals surface area contributed by atoms with Crippen molar-refractivity contribution in [3.8, 4) is 11.8 Å². The number of aromatic nitrogens is 1. The van der Waals surface area contributed by atoms with Gasteiger partial charge in [0.2, 0.25) is 0 Å². The summed E-state index contributed by atoms with van der Waals surface area (Å²) in [6, 6.07) is 9.93. The highest BCUT2D eigenvalue weighted by Gasteiger charge is 2.13. The number of carbonyl (C=O) groups is 2. The first kappa shape index (κ1) is 15.0. The highest BCUT2D eigenvalue weighted by molar-refractivity contribution is 6.08. The molecular formula is C15H11FN4O2. The van der Waals surface area contributed by atoms with Crippen LogP contribution in [-0.4, -0.2) is 16.5 Å². The van der Waals surface area contributed by atoms with Gasteiger partial charge in [-0.3, -0.25) is 10.1 Å². The number of nitrogens with zero attached hydrogens (tertiary/aromatic N) is 2. The Hall–Kier alpha value is -3.40. The minimum Gasteiger partial charge on any atom is -0.351 e. The molecule has 0 fully saturated rings. The molecule has 0 aliphatic rings. The van der Waals surface area contributed by atoms with Gasteiger partial charge in [-0.05, 0) is 30.3 Å². The summed E-state index contributed by atoms with van der Waals surface area (Å²) in [4.78, 5) is 22.3. The van der Waals surface area contributed by atoms with Gasteiger partial charge in [0.25, 0.3) is 5.91 Å². The van der Waals surface area contributed by atoms with E-state index in [1.165, 1.54) is 16.7 Å². The van der Waals surface area contributed by atoms with Gasteiger partial charge in [-0.25, -0.2) is 9.18 Å². The topological polar surface area (TPSA) is 101 Å². The van der Waals surface area contributed by atoms with Crippen LogP contribution in [0.1, 0.15) is 5.69 Å². The van der Waals surface area contributed by atoms with Crippen LogP contribution in [0.2, 0.25) is 0 Å². The highest BCUT2D eigenvalue weighted by atomic mass is 19.1. The molecule has 1 aromatic heterocycles. The number of primary amides is 1. The van der Waals surface area contributed by atoms with Crippen molar-refractivity contribution in [2.24, 2.45) is 5.73 Å². The molecule has 2 aromatic rings. The zero-order valence-electron chi connectivity index (χ0n) is 11.3. The average molecular weight is 298 g/mol. The fourth-order valence-corrected chi connectivity index (χ4v) is 1.85. The number of urea groups is 1. The Labute approximate surface area is 125 Å². The third kappa shape index (κ3) is 3.19. The van der Waals surface area contributed by atoms with Gasteiger partial charge in [0, 0.05) is 11.9 Å². The summed E-state index contributed by atoms with van der Waals surface area (Å²) >= 11 is 0. The fraction of sp³-hybridized carbons (Fsp3) is 0. The quantitative estimate of drug-likeness (QED) is 0.666. The molecule has 22 heavy (non-hydrogen) atoms. The van der Waals surface area contributed by atoms with Crippen molar-refractivity contribution < 1.29 is 14.0 Å². The first-order valence-corrected chi connectivity index (χ1v) is 6.17. The number of nitrogens with two attached hydrogens (primary N) is 1. The summed E-state index contributed by atoms with van der Waals surface area (Å²) in [5.74, 6) is -1.37. The predicted octanol–water partition coefficient (Wildman–Crippen LogP) is 1.72. The third-order valence-corrected chi connectivity index (χ3v) is 2.79. The molecule has 0 radical (unpaired) electrons. The molecule has 110 valence electrons. The summed E-state index contributed by atoms with van der Waals surface area (Å²) in [5.41, 5.74) is 5.19. The number of halogens is 1. The van der Waals surface area contributed by atoms with E-state index in [1.54, 1.807) is 47.9 Å². The monoisotopic (exact) mass is 298 g/mol. The smallest absolute Gasteiger partial charge is 0.319 e. The zero-order valence-corrected chi connectivity index (χ0v) is 11.3. The summed E-state index contributed by atoms with van der Waals surface area (Å²) in [6.45, 7) is 0. The molecule has 0 saturated heterocycles. The first-order valence-electron chi connectivity index (χ1n) is 6.17. The number of carbonyl (C=O) groups excluding carboxylic acids is 2. The van der Waals surface area contributed by atoms with Crippen LogP contribution < -0.4 is 11.1 Å². The molecule has 2 rings (SSSR count). The van der Waals surface area contributed by atoms with Crippen molar-refractivity contribution in [3.63, 3.8) is 0 Å². The minimum absolute atomic E-state index is 0.270. The largest absolute Gasteiger partial charge is 0.351 e. The Balaban J connectivity index is 2.43. The number of amides is 3. The maximum atomic E-state index is 13.8. The number of para-hydroxylation sites is 1. The number of imide groups is 1. The zero-order chi connectivity index (χ0) is 16.1. The Bertz CT molecular complexity index is 802. The molecule has 0 spiro atoms. The van der Waals surface area contributed by atoms with Crippen molar-refractivity contribution in [2.45, 2.75) is 0 Å². The second kappa shape index (κ2) is 6.37. The van der Waals surface area contributed by atoms with Gasteiger partial charge in [0.15, 0.2) is 0 Å². The lowest BCUT2D eigenvalue weighted by atomic mass is 10.2. The number of hydrogen-bond acceptors (Lipinski definition) is 3. The van der Waals surface area contributed by atoms with E-state index in [1.807, 2.05) is 0 Å². The predicted molar refractivity (Wildman–Crippen MR) is 77.0 cm³/mol. The summed E-state index contributed by atoms with van der Waals surface area (Å²) in [7, 11) is 0. The maximum Gasteiger partial charge on any atom is 0.319 e. The molecule has 0 atom stereocenters. The van der Waals surface area contributed by atoms with E-state index < -0.39 is 17.8 Å². The Morgan fingerprint density at radius 1 is 1.27 bits per heavy atom. The van der Waals surface area contributed by atoms with E-state index in [-0.39, 0.29) is 11.3 Å². The van der Waals surface area contributed by atoms with Crippen molar-refractivity contribution in [1.82, 2.24) is 9.88 Å². The summed E-state index contributed by atoms with van der Waals surface area (Å²) in [6.07, 6.45) is 2.83. The van der Waals surface area contributed by atoms with Gasteiger partial charge in [0.05, 0.1) is 5.69 Å². The number of hydrogen-bond donors (Lipinski definition) is 2. The number of nitriles is 1. The average Bonchev–Trinajstić information content (AvgIpc) is 2.92. The van der Waals surface area contributed by atoms with E-state index in [2.05, 4.69) is 0 Å². The van der Waals surface area contributed by atoms with Gasteiger partial charge >= 0.3 is 6.03 Å². The lowest BCUT2D eigenvalue weighted by Crippen LogP contribution is -2.35. The van der Waals surface area contributed by atoms with Crippen LogP contribution in [0.4, 0.5) is 9.18 Å². The molecule has 7 heteroatoms. The molecule has 1 heterocycles. The lowest BCUT2D eigenvalue weighted by Gasteiger charge is -2.08. The molecular weight excluding hydrogens is 287 g/mol. The van der Waals surface area contributed by atoms with E-state index in [0.717, 1.165) is 0 Å². The van der Waals surface area contributed by atoms with Crippen molar-refractivity contribution in [2.75, 3.05) is 0 Å². The van der Waals surface area contributed by atoms with Crippen LogP contribution >= 0.6 is 0 Å². The standard InChI is InChI=1S/C15H11FN4O2/c16-12-5-1-2-6-13(12)20-7-3-4-11(20)8-10(9-17)14(21)19-15(18)22/h1-8H,(H3,18,19,21,22)/b10-8-. The summed E-state index contributed by atoms with van der Waals surface area (Å²) < 4.78 is 15.3. The van der Waals surface area contributed by atoms with Crippen LogP contribution in [0.5, 0.6) is 0 Å². The molecule has 1 aromatic carbocycles. The van der Waals surface area contributed by atoms with Crippen LogP contribution in [-0.2, 0) is 4.79 Å². The fourth-order valence-electron chi connectivity index (χ4n) is 1.85. The Morgan fingerprint density at radius 2 is 2.00 bits per heavy atom. The summed E-state index contributed by atoms with van der Waals surface area (Å²) in [5, 5.41) is 10.8. The Kier molecular flexibility index (Phi) is 4.34. The van der Waals surface area contributed by atoms with Gasteiger partial charge in [-0.15, -0.1) is 0 Å². The van der Waals surface area contributed by atoms with Crippen molar-refractivity contribution >= 4 is 18.0 Å². The van der Waals surface area contributed by atoms with E-state index in [9.17, 15) is 14.0 Å². The van der Waals surface area contributed by atoms with Gasteiger partial charge in [-0.2, -0.15) is 5.26 Å². The molecule has 3 amide bonds. The van der Waals surface area contributed by atoms with E-state index >= 15 is 0 Å². The lowest BCUT2D eigenvalue weighted by molar-refractivity contribution is -0.115. The van der Waals surface area contributed by atoms with Gasteiger partial charge in [0.1, 0.15) is 17.5 Å². The van der Waals surface area contributed by atoms with Crippen molar-refractivity contribution in [3.05, 3.63) is 59.7 Å². The minimum atomic E-state index is -1.06. The van der Waals surface area contributed by atoms with E-state index in [4.69, 9.17) is 11.0 Å². The molecule has 6 nitrogen and oxygen atoms in total. The highest BCUT2D eigenvalue weighted by Crippen LogP contribution is 2.18. The van der Waals surface area contributed by atoms with Gasteiger partial charge in [-0.1, -0.05) is 12.1 Å². The molecule has 3 N–H and O–H groups in total. The Morgan fingerprint density at radius 3 is 2.64 bits per heavy atom. The third-order valence-electron chi connectivity index (χ3n) is 2.79. The first-order chi connectivity index (χ1) is 10.5. The van der Waals surface area contributed by atoms with E-state index in [0.29, 0.717) is 5.69 Å². The second-order valence-corrected chi connectivity index (χ2v) is 4.24. The second-order valence-electron chi connectivity index (χ2n) is 4.24. The number of benzene rings is 1. The van der Waals surface area contributed by atoms with Gasteiger partial charge < -0.3 is 10.3 Å². The molecule has 0 aliphatic carbocycles.